The van der Waals surface area contributed by atoms with Crippen molar-refractivity contribution in [1.29, 1.82) is 0 Å². The van der Waals surface area contributed by atoms with Crippen molar-refractivity contribution < 1.29 is 27.8 Å². The lowest BCUT2D eigenvalue weighted by Gasteiger charge is -2.11. The van der Waals surface area contributed by atoms with Gasteiger partial charge in [0.1, 0.15) is 23.1 Å². The number of carbonyl (C=O) groups is 2. The number of methoxy groups -OCH3 is 1. The van der Waals surface area contributed by atoms with Crippen LogP contribution in [0, 0.1) is 11.6 Å². The molecule has 0 radical (unpaired) electrons. The molecule has 0 unspecified atom stereocenters. The molecule has 0 saturated heterocycles. The Morgan fingerprint density at radius 1 is 0.926 bits per heavy atom. The average molecular weight is 371 g/mol. The molecule has 0 aliphatic rings. The fourth-order valence-electron chi connectivity index (χ4n) is 2.63. The molecule has 0 aliphatic heterocycles. The lowest BCUT2D eigenvalue weighted by atomic mass is 10.0. The Balaban J connectivity index is 1.73. The van der Waals surface area contributed by atoms with E-state index in [-0.39, 0.29) is 5.56 Å². The van der Waals surface area contributed by atoms with Crippen LogP contribution in [0.4, 0.5) is 14.5 Å². The Bertz CT molecular complexity index is 1000. The molecule has 0 saturated carbocycles. The van der Waals surface area contributed by atoms with Crippen molar-refractivity contribution in [3.8, 4) is 5.75 Å². The van der Waals surface area contributed by atoms with E-state index in [1.165, 1.54) is 19.2 Å². The van der Waals surface area contributed by atoms with Gasteiger partial charge in [-0.25, -0.2) is 13.6 Å². The molecule has 0 atom stereocenters. The van der Waals surface area contributed by atoms with Crippen molar-refractivity contribution in [2.24, 2.45) is 0 Å². The van der Waals surface area contributed by atoms with Crippen molar-refractivity contribution in [3.05, 3.63) is 71.8 Å². The molecule has 3 aromatic carbocycles. The van der Waals surface area contributed by atoms with Gasteiger partial charge >= 0.3 is 5.97 Å². The van der Waals surface area contributed by atoms with Gasteiger partial charge in [-0.15, -0.1) is 0 Å². The summed E-state index contributed by atoms with van der Waals surface area (Å²) in [7, 11) is 1.52. The number of esters is 1. The molecular formula is C20H15F2NO4. The molecule has 0 heterocycles. The molecule has 27 heavy (non-hydrogen) atoms. The number of rotatable bonds is 5. The lowest BCUT2D eigenvalue weighted by Crippen LogP contribution is -2.22. The number of benzene rings is 3. The molecule has 3 aromatic rings. The molecule has 5 nitrogen and oxygen atoms in total. The van der Waals surface area contributed by atoms with Crippen molar-refractivity contribution in [2.45, 2.75) is 0 Å². The van der Waals surface area contributed by atoms with Crippen molar-refractivity contribution in [2.75, 3.05) is 19.0 Å². The first-order chi connectivity index (χ1) is 13.0. The summed E-state index contributed by atoms with van der Waals surface area (Å²) in [4.78, 5) is 24.2. The van der Waals surface area contributed by atoms with Gasteiger partial charge in [0.05, 0.1) is 12.7 Å². The van der Waals surface area contributed by atoms with Crippen LogP contribution in [0.3, 0.4) is 0 Å². The highest BCUT2D eigenvalue weighted by Crippen LogP contribution is 2.28. The minimum absolute atomic E-state index is 0.247. The van der Waals surface area contributed by atoms with Gasteiger partial charge in [-0.1, -0.05) is 30.3 Å². The largest absolute Gasteiger partial charge is 0.496 e. The molecule has 1 N–H and O–H groups in total. The maximum absolute atomic E-state index is 13.5. The van der Waals surface area contributed by atoms with E-state index in [9.17, 15) is 18.4 Å². The standard InChI is InChI=1S/C20H15F2NO4/c1-26-17-10-9-14(12-5-2-3-6-13(12)17)20(25)27-11-18(24)23-19-15(21)7-4-8-16(19)22/h2-10H,11H2,1H3,(H,23,24). The molecule has 0 aliphatic carbocycles. The fraction of sp³-hybridized carbons (Fsp3) is 0.100. The first-order valence-corrected chi connectivity index (χ1v) is 7.98. The molecule has 3 rings (SSSR count). The van der Waals surface area contributed by atoms with Crippen LogP contribution < -0.4 is 10.1 Å². The van der Waals surface area contributed by atoms with Crippen LogP contribution >= 0.6 is 0 Å². The van der Waals surface area contributed by atoms with Crippen LogP contribution in [0.2, 0.25) is 0 Å². The Labute approximate surface area is 153 Å². The van der Waals surface area contributed by atoms with E-state index in [2.05, 4.69) is 5.32 Å². The maximum atomic E-state index is 13.5. The number of para-hydroxylation sites is 1. The number of nitrogens with one attached hydrogen (secondary N) is 1. The second-order valence-corrected chi connectivity index (χ2v) is 5.58. The topological polar surface area (TPSA) is 64.6 Å². The summed E-state index contributed by atoms with van der Waals surface area (Å²) in [6.07, 6.45) is 0. The van der Waals surface area contributed by atoms with Gasteiger partial charge < -0.3 is 14.8 Å². The van der Waals surface area contributed by atoms with E-state index in [0.717, 1.165) is 12.1 Å². The predicted molar refractivity (Wildman–Crippen MR) is 95.8 cm³/mol. The lowest BCUT2D eigenvalue weighted by molar-refractivity contribution is -0.119. The van der Waals surface area contributed by atoms with Crippen molar-refractivity contribution in [3.63, 3.8) is 0 Å². The van der Waals surface area contributed by atoms with Crippen LogP contribution in [-0.4, -0.2) is 25.6 Å². The number of amides is 1. The van der Waals surface area contributed by atoms with Crippen LogP contribution in [0.15, 0.2) is 54.6 Å². The third-order valence-corrected chi connectivity index (χ3v) is 3.89. The summed E-state index contributed by atoms with van der Waals surface area (Å²) < 4.78 is 37.3. The van der Waals surface area contributed by atoms with Crippen LogP contribution in [0.25, 0.3) is 10.8 Å². The number of anilines is 1. The SMILES string of the molecule is COc1ccc(C(=O)OCC(=O)Nc2c(F)cccc2F)c2ccccc12. The smallest absolute Gasteiger partial charge is 0.339 e. The van der Waals surface area contributed by atoms with E-state index < -0.39 is 35.8 Å². The highest BCUT2D eigenvalue weighted by Gasteiger charge is 2.17. The summed E-state index contributed by atoms with van der Waals surface area (Å²) in [5, 5.41) is 3.37. The number of ether oxygens (including phenoxy) is 2. The molecule has 138 valence electrons. The van der Waals surface area contributed by atoms with Crippen LogP contribution in [0.5, 0.6) is 5.75 Å². The normalized spacial score (nSPS) is 10.5. The zero-order valence-electron chi connectivity index (χ0n) is 14.3. The molecule has 0 aromatic heterocycles. The number of carbonyl (C=O) groups excluding carboxylic acids is 2. The van der Waals surface area contributed by atoms with Crippen molar-refractivity contribution >= 4 is 28.3 Å². The number of hydrogen-bond donors (Lipinski definition) is 1. The zero-order valence-corrected chi connectivity index (χ0v) is 14.3. The van der Waals surface area contributed by atoms with Gasteiger partial charge in [0.25, 0.3) is 5.91 Å². The second kappa shape index (κ2) is 7.82. The van der Waals surface area contributed by atoms with Crippen molar-refractivity contribution in [1.82, 2.24) is 0 Å². The zero-order chi connectivity index (χ0) is 19.4. The monoisotopic (exact) mass is 371 g/mol. The fourth-order valence-corrected chi connectivity index (χ4v) is 2.63. The van der Waals surface area contributed by atoms with E-state index in [1.807, 2.05) is 0 Å². The van der Waals surface area contributed by atoms with Gasteiger partial charge in [-0.2, -0.15) is 0 Å². The minimum Gasteiger partial charge on any atom is -0.496 e. The van der Waals surface area contributed by atoms with E-state index in [4.69, 9.17) is 9.47 Å². The second-order valence-electron chi connectivity index (χ2n) is 5.58. The third-order valence-electron chi connectivity index (χ3n) is 3.89. The molecule has 0 spiro atoms. The van der Waals surface area contributed by atoms with E-state index >= 15 is 0 Å². The first-order valence-electron chi connectivity index (χ1n) is 7.98. The van der Waals surface area contributed by atoms with E-state index in [0.29, 0.717) is 16.5 Å². The Kier molecular flexibility index (Phi) is 5.30. The number of halogens is 2. The Morgan fingerprint density at radius 2 is 1.59 bits per heavy atom. The third kappa shape index (κ3) is 3.87. The summed E-state index contributed by atoms with van der Waals surface area (Å²) in [6, 6.07) is 13.4. The molecule has 0 bridgehead atoms. The highest BCUT2D eigenvalue weighted by atomic mass is 19.1. The molecule has 0 fully saturated rings. The Morgan fingerprint density at radius 3 is 2.26 bits per heavy atom. The quantitative estimate of drug-likeness (QED) is 0.691. The van der Waals surface area contributed by atoms with Crippen LogP contribution in [-0.2, 0) is 9.53 Å². The van der Waals surface area contributed by atoms with Crippen LogP contribution in [0.1, 0.15) is 10.4 Å². The summed E-state index contributed by atoms with van der Waals surface area (Å²) >= 11 is 0. The molecule has 1 amide bonds. The summed E-state index contributed by atoms with van der Waals surface area (Å²) in [6.45, 7) is -0.688. The summed E-state index contributed by atoms with van der Waals surface area (Å²) in [5.74, 6) is -2.84. The predicted octanol–water partition coefficient (Wildman–Crippen LogP) is 3.92. The van der Waals surface area contributed by atoms with Gasteiger partial charge in [0.2, 0.25) is 0 Å². The van der Waals surface area contributed by atoms with Gasteiger partial charge in [0.15, 0.2) is 6.61 Å². The molecular weight excluding hydrogens is 356 g/mol. The minimum atomic E-state index is -0.921. The number of hydrogen-bond acceptors (Lipinski definition) is 4. The average Bonchev–Trinajstić information content (AvgIpc) is 2.68. The van der Waals surface area contributed by atoms with Gasteiger partial charge in [-0.05, 0) is 29.7 Å². The summed E-state index contributed by atoms with van der Waals surface area (Å²) in [5.41, 5.74) is -0.343. The maximum Gasteiger partial charge on any atom is 0.339 e. The first kappa shape index (κ1) is 18.3. The van der Waals surface area contributed by atoms with Gasteiger partial charge in [-0.3, -0.25) is 4.79 Å². The highest BCUT2D eigenvalue weighted by molar-refractivity contribution is 6.07. The molecule has 7 heteroatoms. The number of fused-ring (bicyclic) bond motifs is 1. The van der Waals surface area contributed by atoms with E-state index in [1.54, 1.807) is 30.3 Å². The van der Waals surface area contributed by atoms with Gasteiger partial charge in [0, 0.05) is 5.39 Å². The Hall–Kier alpha value is -3.48.